The summed E-state index contributed by atoms with van der Waals surface area (Å²) >= 11 is 0. The molecule has 0 unspecified atom stereocenters. The van der Waals surface area contributed by atoms with Gasteiger partial charge in [0.2, 0.25) is 0 Å². The number of benzene rings is 2. The van der Waals surface area contributed by atoms with Crippen molar-refractivity contribution in [3.8, 4) is 23.0 Å². The molecule has 0 saturated carbocycles. The van der Waals surface area contributed by atoms with E-state index < -0.39 is 11.9 Å². The Morgan fingerprint density at radius 2 is 0.810 bits per heavy atom. The highest BCUT2D eigenvalue weighted by Crippen LogP contribution is 2.18. The van der Waals surface area contributed by atoms with Gasteiger partial charge in [-0.2, -0.15) is 0 Å². The van der Waals surface area contributed by atoms with Crippen molar-refractivity contribution in [3.63, 3.8) is 0 Å². The van der Waals surface area contributed by atoms with Crippen molar-refractivity contribution in [2.24, 2.45) is 0 Å². The number of carbonyl (C=O) groups excluding carboxylic acids is 4. The number of esters is 2. The molecule has 0 atom stereocenters. The van der Waals surface area contributed by atoms with Crippen molar-refractivity contribution < 1.29 is 57.1 Å². The topological polar surface area (TPSA) is 166 Å². The van der Waals surface area contributed by atoms with Crippen LogP contribution in [0.5, 0.6) is 23.0 Å². The van der Waals surface area contributed by atoms with Gasteiger partial charge in [0.1, 0.15) is 23.0 Å². The Balaban J connectivity index is 1.40. The SMILES string of the molecule is COC(=O)COc1ccc(OCC(=O)NCCOCCOCCNC(=O)COc2ccc(OCC(=O)OC)cc2)cc1. The highest BCUT2D eigenvalue weighted by Gasteiger charge is 2.06. The van der Waals surface area contributed by atoms with Crippen molar-refractivity contribution in [2.75, 3.05) is 80.2 Å². The molecule has 2 rings (SSSR count). The van der Waals surface area contributed by atoms with Crippen LogP contribution in [0.3, 0.4) is 0 Å². The summed E-state index contributed by atoms with van der Waals surface area (Å²) in [5, 5.41) is 5.35. The van der Waals surface area contributed by atoms with Crippen molar-refractivity contribution in [2.45, 2.75) is 0 Å². The normalized spacial score (nSPS) is 10.2. The molecule has 2 aromatic rings. The zero-order chi connectivity index (χ0) is 30.4. The predicted molar refractivity (Wildman–Crippen MR) is 147 cm³/mol. The molecular weight excluding hydrogens is 556 g/mol. The molecule has 0 aromatic heterocycles. The molecule has 0 heterocycles. The second-order valence-corrected chi connectivity index (χ2v) is 8.17. The number of hydrogen-bond acceptors (Lipinski definition) is 12. The Hall–Kier alpha value is -4.56. The molecule has 14 nitrogen and oxygen atoms in total. The summed E-state index contributed by atoms with van der Waals surface area (Å²) in [6.07, 6.45) is 0. The predicted octanol–water partition coefficient (Wildman–Crippen LogP) is 0.514. The third-order valence-electron chi connectivity index (χ3n) is 5.07. The first-order valence-corrected chi connectivity index (χ1v) is 12.9. The second kappa shape index (κ2) is 20.3. The van der Waals surface area contributed by atoms with Crippen LogP contribution in [-0.4, -0.2) is 104 Å². The molecule has 0 aliphatic heterocycles. The lowest BCUT2D eigenvalue weighted by Gasteiger charge is -2.10. The van der Waals surface area contributed by atoms with Crippen LogP contribution in [0.4, 0.5) is 0 Å². The zero-order valence-electron chi connectivity index (χ0n) is 23.6. The van der Waals surface area contributed by atoms with Gasteiger partial charge in [0.05, 0.1) is 40.6 Å². The lowest BCUT2D eigenvalue weighted by molar-refractivity contribution is -0.143. The summed E-state index contributed by atoms with van der Waals surface area (Å²) in [6, 6.07) is 12.9. The van der Waals surface area contributed by atoms with Gasteiger partial charge in [0, 0.05) is 13.1 Å². The molecular formula is C28H36N2O12. The minimum Gasteiger partial charge on any atom is -0.484 e. The van der Waals surface area contributed by atoms with Crippen LogP contribution in [0.25, 0.3) is 0 Å². The maximum Gasteiger partial charge on any atom is 0.343 e. The van der Waals surface area contributed by atoms with E-state index in [1.54, 1.807) is 48.5 Å². The highest BCUT2D eigenvalue weighted by molar-refractivity contribution is 5.77. The van der Waals surface area contributed by atoms with E-state index in [4.69, 9.17) is 28.4 Å². The van der Waals surface area contributed by atoms with Gasteiger partial charge < -0.3 is 48.5 Å². The summed E-state index contributed by atoms with van der Waals surface area (Å²) in [5.41, 5.74) is 0. The first-order chi connectivity index (χ1) is 20.4. The Morgan fingerprint density at radius 3 is 1.12 bits per heavy atom. The molecule has 0 aliphatic rings. The summed E-state index contributed by atoms with van der Waals surface area (Å²) < 4.78 is 41.1. The Kier molecular flexibility index (Phi) is 16.3. The number of hydrogen-bond donors (Lipinski definition) is 2. The molecule has 0 aliphatic carbocycles. The van der Waals surface area contributed by atoms with E-state index in [9.17, 15) is 19.2 Å². The van der Waals surface area contributed by atoms with Crippen molar-refractivity contribution >= 4 is 23.8 Å². The van der Waals surface area contributed by atoms with E-state index in [-0.39, 0.29) is 38.2 Å². The zero-order valence-corrected chi connectivity index (χ0v) is 23.6. The molecule has 0 spiro atoms. The van der Waals surface area contributed by atoms with Gasteiger partial charge in [0.25, 0.3) is 11.8 Å². The van der Waals surface area contributed by atoms with Gasteiger partial charge >= 0.3 is 11.9 Å². The molecule has 0 bridgehead atoms. The van der Waals surface area contributed by atoms with E-state index in [0.717, 1.165) is 0 Å². The first-order valence-electron chi connectivity index (χ1n) is 12.9. The van der Waals surface area contributed by atoms with Gasteiger partial charge in [-0.1, -0.05) is 0 Å². The molecule has 2 amide bonds. The van der Waals surface area contributed by atoms with Crippen molar-refractivity contribution in [3.05, 3.63) is 48.5 Å². The molecule has 42 heavy (non-hydrogen) atoms. The second-order valence-electron chi connectivity index (χ2n) is 8.17. The lowest BCUT2D eigenvalue weighted by Crippen LogP contribution is -2.32. The lowest BCUT2D eigenvalue weighted by atomic mass is 10.3. The average Bonchev–Trinajstić information content (AvgIpc) is 3.02. The summed E-state index contributed by atoms with van der Waals surface area (Å²) in [5.74, 6) is 0.313. The Labute approximate surface area is 243 Å². The standard InChI is InChI=1S/C28H36N2O12/c1-35-27(33)19-41-23-7-3-21(4-8-23)39-17-25(31)29-11-13-37-15-16-38-14-12-30-26(32)18-40-22-5-9-24(10-6-22)42-20-28(34)36-2/h3-10H,11-20H2,1-2H3,(H,29,31)(H,30,32). The van der Waals surface area contributed by atoms with E-state index in [1.165, 1.54) is 14.2 Å². The van der Waals surface area contributed by atoms with Crippen LogP contribution in [0, 0.1) is 0 Å². The van der Waals surface area contributed by atoms with Crippen molar-refractivity contribution in [1.29, 1.82) is 0 Å². The number of amides is 2. The molecule has 2 aromatic carbocycles. The molecule has 2 N–H and O–H groups in total. The fourth-order valence-corrected chi connectivity index (χ4v) is 2.91. The molecule has 14 heteroatoms. The van der Waals surface area contributed by atoms with Crippen LogP contribution < -0.4 is 29.6 Å². The van der Waals surface area contributed by atoms with E-state index in [1.807, 2.05) is 0 Å². The molecule has 0 fully saturated rings. The quantitative estimate of drug-likeness (QED) is 0.153. The van der Waals surface area contributed by atoms with Gasteiger partial charge in [-0.05, 0) is 48.5 Å². The smallest absolute Gasteiger partial charge is 0.343 e. The van der Waals surface area contributed by atoms with E-state index >= 15 is 0 Å². The Bertz CT molecular complexity index is 1010. The Morgan fingerprint density at radius 1 is 0.500 bits per heavy atom. The average molecular weight is 593 g/mol. The summed E-state index contributed by atoms with van der Waals surface area (Å²) in [4.78, 5) is 45.9. The third-order valence-corrected chi connectivity index (χ3v) is 5.07. The third kappa shape index (κ3) is 15.3. The number of methoxy groups -OCH3 is 2. The maximum absolute atomic E-state index is 11.9. The number of ether oxygens (including phenoxy) is 8. The fourth-order valence-electron chi connectivity index (χ4n) is 2.91. The van der Waals surface area contributed by atoms with Crippen LogP contribution in [0.1, 0.15) is 0 Å². The molecule has 0 radical (unpaired) electrons. The number of rotatable bonds is 21. The minimum atomic E-state index is -0.486. The summed E-state index contributed by atoms with van der Waals surface area (Å²) in [6.45, 7) is 1.15. The molecule has 0 saturated heterocycles. The van der Waals surface area contributed by atoms with Gasteiger partial charge in [-0.15, -0.1) is 0 Å². The van der Waals surface area contributed by atoms with E-state index in [2.05, 4.69) is 20.1 Å². The van der Waals surface area contributed by atoms with Gasteiger partial charge in [0.15, 0.2) is 26.4 Å². The largest absolute Gasteiger partial charge is 0.484 e. The van der Waals surface area contributed by atoms with Crippen LogP contribution in [0.2, 0.25) is 0 Å². The van der Waals surface area contributed by atoms with Crippen LogP contribution >= 0.6 is 0 Å². The van der Waals surface area contributed by atoms with Gasteiger partial charge in [-0.25, -0.2) is 9.59 Å². The van der Waals surface area contributed by atoms with E-state index in [0.29, 0.717) is 62.5 Å². The summed E-state index contributed by atoms with van der Waals surface area (Å²) in [7, 11) is 2.55. The van der Waals surface area contributed by atoms with Gasteiger partial charge in [-0.3, -0.25) is 9.59 Å². The molecule has 230 valence electrons. The van der Waals surface area contributed by atoms with Crippen LogP contribution in [-0.2, 0) is 38.1 Å². The minimum absolute atomic E-state index is 0.165. The highest BCUT2D eigenvalue weighted by atomic mass is 16.6. The number of carbonyl (C=O) groups is 4. The number of nitrogens with one attached hydrogen (secondary N) is 2. The maximum atomic E-state index is 11.9. The fraction of sp³-hybridized carbons (Fsp3) is 0.429. The first kappa shape index (κ1) is 33.6. The van der Waals surface area contributed by atoms with Crippen LogP contribution in [0.15, 0.2) is 48.5 Å². The monoisotopic (exact) mass is 592 g/mol. The van der Waals surface area contributed by atoms with Crippen molar-refractivity contribution in [1.82, 2.24) is 10.6 Å².